The van der Waals surface area contributed by atoms with Gasteiger partial charge < -0.3 is 8.85 Å². The van der Waals surface area contributed by atoms with Crippen LogP contribution in [-0.4, -0.2) is 39.6 Å². The van der Waals surface area contributed by atoms with Crippen LogP contribution in [0.1, 0.15) is 52.9 Å². The van der Waals surface area contributed by atoms with Gasteiger partial charge in [-0.3, -0.25) is 4.57 Å². The molecule has 4 heteroatoms. The molecule has 1 rings (SSSR count). The first-order chi connectivity index (χ1) is 8.29. The summed E-state index contributed by atoms with van der Waals surface area (Å²) < 4.78 is 14.6. The van der Waals surface area contributed by atoms with Crippen LogP contribution in [0.25, 0.3) is 0 Å². The van der Waals surface area contributed by atoms with E-state index in [1.54, 1.807) is 0 Å². The first-order valence-corrected chi connectivity index (χ1v) is 9.29. The smallest absolute Gasteiger partial charge is 0.383 e. The Labute approximate surface area is 108 Å². The van der Waals surface area contributed by atoms with Crippen LogP contribution < -0.4 is 0 Å². The molecule has 1 fully saturated rings. The summed E-state index contributed by atoms with van der Waals surface area (Å²) in [4.78, 5) is 0. The minimum Gasteiger partial charge on any atom is -0.383 e. The second-order valence-corrected chi connectivity index (χ2v) is 7.87. The first kappa shape index (κ1) is 15.2. The molecule has 0 aromatic rings. The van der Waals surface area contributed by atoms with Gasteiger partial charge in [0.15, 0.2) is 0 Å². The maximum Gasteiger partial charge on any atom is 0.427 e. The molecule has 0 bridgehead atoms. The lowest BCUT2D eigenvalue weighted by Gasteiger charge is -2.34. The van der Waals surface area contributed by atoms with Gasteiger partial charge in [-0.05, 0) is 39.8 Å². The minimum atomic E-state index is -1.99. The Balaban J connectivity index is 2.43. The summed E-state index contributed by atoms with van der Waals surface area (Å²) in [6, 6.07) is 1.16. The molecule has 102 valence electrons. The van der Waals surface area contributed by atoms with Crippen LogP contribution in [0.15, 0.2) is 0 Å². The van der Waals surface area contributed by atoms with E-state index in [9.17, 15) is 0 Å². The summed E-state index contributed by atoms with van der Waals surface area (Å²) in [5, 5.41) is 0. The molecular formula is C13H29NO2Si. The number of hydrogen-bond donors (Lipinski definition) is 0. The van der Waals surface area contributed by atoms with Crippen LogP contribution in [0.3, 0.4) is 0 Å². The Morgan fingerprint density at radius 2 is 1.71 bits per heavy atom. The number of unbranched alkanes of at least 4 members (excludes halogenated alkanes) is 3. The fraction of sp³-hybridized carbons (Fsp3) is 1.00. The third kappa shape index (κ3) is 4.36. The van der Waals surface area contributed by atoms with E-state index in [-0.39, 0.29) is 0 Å². The van der Waals surface area contributed by atoms with Gasteiger partial charge in [0.25, 0.3) is 0 Å². The number of rotatable bonds is 9. The van der Waals surface area contributed by atoms with Crippen LogP contribution in [-0.2, 0) is 8.85 Å². The van der Waals surface area contributed by atoms with E-state index in [4.69, 9.17) is 8.85 Å². The molecule has 17 heavy (non-hydrogen) atoms. The normalized spacial score (nSPS) is 19.9. The highest BCUT2D eigenvalue weighted by Gasteiger charge is 2.48. The summed E-state index contributed by atoms with van der Waals surface area (Å²) in [7, 11) is -1.99. The molecule has 0 unspecified atom stereocenters. The largest absolute Gasteiger partial charge is 0.427 e. The maximum absolute atomic E-state index is 6.04. The molecule has 1 aliphatic rings. The van der Waals surface area contributed by atoms with Crippen molar-refractivity contribution in [3.05, 3.63) is 0 Å². The Bertz CT molecular complexity index is 196. The van der Waals surface area contributed by atoms with Crippen molar-refractivity contribution in [1.29, 1.82) is 0 Å². The highest BCUT2D eigenvalue weighted by atomic mass is 28.4. The van der Waals surface area contributed by atoms with Crippen LogP contribution in [0, 0.1) is 0 Å². The summed E-state index contributed by atoms with van der Waals surface area (Å²) in [5.41, 5.74) is 0. The second-order valence-electron chi connectivity index (χ2n) is 4.73. The van der Waals surface area contributed by atoms with E-state index in [2.05, 4.69) is 25.3 Å². The molecule has 1 saturated heterocycles. The monoisotopic (exact) mass is 259 g/mol. The molecule has 0 atom stereocenters. The van der Waals surface area contributed by atoms with E-state index < -0.39 is 8.72 Å². The SMILES string of the molecule is CCCCCCN1CCC[Si]1(OCC)OCC. The van der Waals surface area contributed by atoms with Gasteiger partial charge >= 0.3 is 8.72 Å². The average Bonchev–Trinajstić information content (AvgIpc) is 2.69. The molecule has 0 aromatic carbocycles. The van der Waals surface area contributed by atoms with Crippen molar-refractivity contribution in [3.8, 4) is 0 Å². The topological polar surface area (TPSA) is 21.7 Å². The van der Waals surface area contributed by atoms with Crippen molar-refractivity contribution in [2.24, 2.45) is 0 Å². The molecule has 0 aromatic heterocycles. The van der Waals surface area contributed by atoms with E-state index in [0.717, 1.165) is 19.3 Å². The molecular weight excluding hydrogens is 230 g/mol. The zero-order valence-electron chi connectivity index (χ0n) is 11.8. The Kier molecular flexibility index (Phi) is 7.35. The molecule has 3 nitrogen and oxygen atoms in total. The molecule has 1 heterocycles. The zero-order chi connectivity index (χ0) is 12.6. The molecule has 0 saturated carbocycles. The summed E-state index contributed by atoms with van der Waals surface area (Å²) >= 11 is 0. The second kappa shape index (κ2) is 8.24. The third-order valence-corrected chi connectivity index (χ3v) is 7.30. The van der Waals surface area contributed by atoms with Gasteiger partial charge in [-0.15, -0.1) is 0 Å². The van der Waals surface area contributed by atoms with E-state index in [1.807, 2.05) is 0 Å². The molecule has 0 N–H and O–H groups in total. The Morgan fingerprint density at radius 3 is 2.29 bits per heavy atom. The van der Waals surface area contributed by atoms with Crippen LogP contribution in [0.2, 0.25) is 6.04 Å². The molecule has 0 radical (unpaired) electrons. The fourth-order valence-electron chi connectivity index (χ4n) is 2.65. The fourth-order valence-corrected chi connectivity index (χ4v) is 6.21. The number of nitrogens with zero attached hydrogens (tertiary/aromatic N) is 1. The van der Waals surface area contributed by atoms with Crippen molar-refractivity contribution in [3.63, 3.8) is 0 Å². The number of hydrogen-bond acceptors (Lipinski definition) is 3. The van der Waals surface area contributed by atoms with E-state index in [1.165, 1.54) is 45.2 Å². The van der Waals surface area contributed by atoms with Gasteiger partial charge in [0.2, 0.25) is 0 Å². The van der Waals surface area contributed by atoms with Crippen molar-refractivity contribution >= 4 is 8.72 Å². The zero-order valence-corrected chi connectivity index (χ0v) is 12.8. The van der Waals surface area contributed by atoms with Crippen LogP contribution in [0.5, 0.6) is 0 Å². The third-order valence-electron chi connectivity index (χ3n) is 3.42. The summed E-state index contributed by atoms with van der Waals surface area (Å²) in [5.74, 6) is 0. The minimum absolute atomic E-state index is 0.789. The maximum atomic E-state index is 6.04. The lowest BCUT2D eigenvalue weighted by molar-refractivity contribution is 0.135. The predicted octanol–water partition coefficient (Wildman–Crippen LogP) is 3.28. The summed E-state index contributed by atoms with van der Waals surface area (Å²) in [6.45, 7) is 10.4. The summed E-state index contributed by atoms with van der Waals surface area (Å²) in [6.07, 6.45) is 6.55. The predicted molar refractivity (Wildman–Crippen MR) is 74.1 cm³/mol. The first-order valence-electron chi connectivity index (χ1n) is 7.32. The van der Waals surface area contributed by atoms with Crippen LogP contribution in [0.4, 0.5) is 0 Å². The molecule has 1 aliphatic heterocycles. The van der Waals surface area contributed by atoms with Crippen molar-refractivity contribution < 1.29 is 8.85 Å². The van der Waals surface area contributed by atoms with Gasteiger partial charge in [0.05, 0.1) is 0 Å². The van der Waals surface area contributed by atoms with Crippen molar-refractivity contribution in [2.75, 3.05) is 26.3 Å². The highest BCUT2D eigenvalue weighted by molar-refractivity contribution is 6.65. The van der Waals surface area contributed by atoms with E-state index >= 15 is 0 Å². The van der Waals surface area contributed by atoms with Gasteiger partial charge in [0.1, 0.15) is 0 Å². The molecule has 0 aliphatic carbocycles. The lowest BCUT2D eigenvalue weighted by atomic mass is 10.2. The van der Waals surface area contributed by atoms with Gasteiger partial charge in [0, 0.05) is 19.3 Å². The standard InChI is InChI=1S/C13H29NO2Si/c1-4-7-8-9-11-14-12-10-13-17(14,15-5-2)16-6-3/h4-13H2,1-3H3. The highest BCUT2D eigenvalue weighted by Crippen LogP contribution is 2.28. The molecule has 0 spiro atoms. The van der Waals surface area contributed by atoms with Crippen molar-refractivity contribution in [1.82, 2.24) is 4.57 Å². The Morgan fingerprint density at radius 1 is 1.00 bits per heavy atom. The van der Waals surface area contributed by atoms with Gasteiger partial charge in [-0.25, -0.2) is 0 Å². The van der Waals surface area contributed by atoms with Crippen molar-refractivity contribution in [2.45, 2.75) is 58.9 Å². The lowest BCUT2D eigenvalue weighted by Crippen LogP contribution is -2.54. The average molecular weight is 259 g/mol. The van der Waals surface area contributed by atoms with Gasteiger partial charge in [-0.2, -0.15) is 0 Å². The Hall–Kier alpha value is 0.0969. The van der Waals surface area contributed by atoms with Gasteiger partial charge in [-0.1, -0.05) is 26.2 Å². The molecule has 0 amide bonds. The van der Waals surface area contributed by atoms with E-state index in [0.29, 0.717) is 0 Å². The van der Waals surface area contributed by atoms with Crippen LogP contribution >= 0.6 is 0 Å². The quantitative estimate of drug-likeness (QED) is 0.468.